The fourth-order valence-electron chi connectivity index (χ4n) is 1.43. The lowest BCUT2D eigenvalue weighted by atomic mass is 10.1. The molecular formula is C13H11ClO2. The molecule has 2 nitrogen and oxygen atoms in total. The monoisotopic (exact) mass is 234 g/mol. The molecule has 82 valence electrons. The molecule has 0 fully saturated rings. The number of halogens is 1. The van der Waals surface area contributed by atoms with E-state index in [1.807, 2.05) is 30.3 Å². The molecule has 0 aliphatic carbocycles. The molecule has 0 unspecified atom stereocenters. The highest BCUT2D eigenvalue weighted by Crippen LogP contribution is 2.30. The molecule has 0 saturated heterocycles. The van der Waals surface area contributed by atoms with Crippen LogP contribution in [-0.2, 0) is 0 Å². The Balaban J connectivity index is 2.35. The molecule has 0 atom stereocenters. The first-order valence-corrected chi connectivity index (χ1v) is 5.18. The SMILES string of the molecule is C=C(c1ccc(OC)o1)c1ccccc1Cl. The molecule has 0 spiro atoms. The predicted molar refractivity (Wildman–Crippen MR) is 64.8 cm³/mol. The average Bonchev–Trinajstić information content (AvgIpc) is 2.77. The van der Waals surface area contributed by atoms with Gasteiger partial charge in [-0.3, -0.25) is 0 Å². The van der Waals surface area contributed by atoms with E-state index in [4.69, 9.17) is 20.8 Å². The van der Waals surface area contributed by atoms with E-state index in [0.717, 1.165) is 11.1 Å². The molecule has 3 heteroatoms. The van der Waals surface area contributed by atoms with E-state index in [1.165, 1.54) is 0 Å². The van der Waals surface area contributed by atoms with Gasteiger partial charge in [0.25, 0.3) is 5.95 Å². The van der Waals surface area contributed by atoms with Crippen LogP contribution in [0.5, 0.6) is 5.95 Å². The van der Waals surface area contributed by atoms with Crippen molar-refractivity contribution in [2.45, 2.75) is 0 Å². The molecule has 0 aliphatic heterocycles. The number of rotatable bonds is 3. The molecule has 0 saturated carbocycles. The number of ether oxygens (including phenoxy) is 1. The van der Waals surface area contributed by atoms with E-state index >= 15 is 0 Å². The van der Waals surface area contributed by atoms with Crippen LogP contribution in [0.1, 0.15) is 11.3 Å². The van der Waals surface area contributed by atoms with Crippen molar-refractivity contribution < 1.29 is 9.15 Å². The van der Waals surface area contributed by atoms with Crippen LogP contribution in [0.4, 0.5) is 0 Å². The summed E-state index contributed by atoms with van der Waals surface area (Å²) in [6.07, 6.45) is 0. The van der Waals surface area contributed by atoms with Crippen molar-refractivity contribution in [1.29, 1.82) is 0 Å². The summed E-state index contributed by atoms with van der Waals surface area (Å²) in [5.74, 6) is 1.12. The van der Waals surface area contributed by atoms with Gasteiger partial charge in [-0.1, -0.05) is 36.4 Å². The van der Waals surface area contributed by atoms with Crippen molar-refractivity contribution in [2.24, 2.45) is 0 Å². The Morgan fingerprint density at radius 2 is 2.00 bits per heavy atom. The van der Waals surface area contributed by atoms with Gasteiger partial charge in [-0.2, -0.15) is 0 Å². The lowest BCUT2D eigenvalue weighted by Crippen LogP contribution is -1.84. The number of hydrogen-bond acceptors (Lipinski definition) is 2. The summed E-state index contributed by atoms with van der Waals surface area (Å²) in [5.41, 5.74) is 1.61. The van der Waals surface area contributed by atoms with Crippen LogP contribution in [0.3, 0.4) is 0 Å². The Labute approximate surface area is 99.1 Å². The Hall–Kier alpha value is -1.67. The summed E-state index contributed by atoms with van der Waals surface area (Å²) in [6, 6.07) is 11.1. The highest BCUT2D eigenvalue weighted by molar-refractivity contribution is 6.32. The van der Waals surface area contributed by atoms with E-state index in [9.17, 15) is 0 Å². The van der Waals surface area contributed by atoms with Gasteiger partial charge >= 0.3 is 0 Å². The van der Waals surface area contributed by atoms with Crippen LogP contribution >= 0.6 is 11.6 Å². The maximum atomic E-state index is 6.08. The molecule has 0 bridgehead atoms. The van der Waals surface area contributed by atoms with Crippen LogP contribution < -0.4 is 4.74 Å². The normalized spacial score (nSPS) is 10.1. The summed E-state index contributed by atoms with van der Waals surface area (Å²) < 4.78 is 10.4. The fraction of sp³-hybridized carbons (Fsp3) is 0.0769. The number of hydrogen-bond donors (Lipinski definition) is 0. The van der Waals surface area contributed by atoms with Crippen LogP contribution in [-0.4, -0.2) is 7.11 Å². The lowest BCUT2D eigenvalue weighted by molar-refractivity contribution is 0.302. The highest BCUT2D eigenvalue weighted by Gasteiger charge is 2.10. The summed E-state index contributed by atoms with van der Waals surface area (Å²) >= 11 is 6.08. The Morgan fingerprint density at radius 1 is 1.25 bits per heavy atom. The second kappa shape index (κ2) is 4.45. The van der Waals surface area contributed by atoms with E-state index < -0.39 is 0 Å². The molecule has 0 N–H and O–H groups in total. The molecule has 1 heterocycles. The summed E-state index contributed by atoms with van der Waals surface area (Å²) in [4.78, 5) is 0. The van der Waals surface area contributed by atoms with Gasteiger partial charge in [-0.05, 0) is 12.1 Å². The molecule has 16 heavy (non-hydrogen) atoms. The largest absolute Gasteiger partial charge is 0.468 e. The van der Waals surface area contributed by atoms with Crippen molar-refractivity contribution in [3.8, 4) is 5.95 Å². The van der Waals surface area contributed by atoms with Crippen molar-refractivity contribution in [3.05, 3.63) is 59.3 Å². The molecule has 2 rings (SSSR count). The van der Waals surface area contributed by atoms with E-state index in [0.29, 0.717) is 16.7 Å². The minimum atomic E-state index is 0.461. The van der Waals surface area contributed by atoms with E-state index in [-0.39, 0.29) is 0 Å². The number of methoxy groups -OCH3 is 1. The van der Waals surface area contributed by atoms with Gasteiger partial charge in [0.2, 0.25) is 0 Å². The van der Waals surface area contributed by atoms with Crippen molar-refractivity contribution in [2.75, 3.05) is 7.11 Å². The standard InChI is InChI=1S/C13H11ClO2/c1-9(10-5-3-4-6-11(10)14)12-7-8-13(15-2)16-12/h3-8H,1H2,2H3. The minimum absolute atomic E-state index is 0.461. The van der Waals surface area contributed by atoms with Crippen LogP contribution in [0, 0.1) is 0 Å². The van der Waals surface area contributed by atoms with Crippen molar-refractivity contribution in [1.82, 2.24) is 0 Å². The second-order valence-electron chi connectivity index (χ2n) is 3.28. The maximum Gasteiger partial charge on any atom is 0.284 e. The van der Waals surface area contributed by atoms with Gasteiger partial charge in [-0.25, -0.2) is 0 Å². The maximum absolute atomic E-state index is 6.08. The fourth-order valence-corrected chi connectivity index (χ4v) is 1.68. The molecule has 2 aromatic rings. The number of furan rings is 1. The number of benzene rings is 1. The Bertz CT molecular complexity index is 514. The molecule has 0 radical (unpaired) electrons. The van der Waals surface area contributed by atoms with Crippen molar-refractivity contribution >= 4 is 17.2 Å². The first kappa shape index (κ1) is 10.8. The van der Waals surface area contributed by atoms with Gasteiger partial charge < -0.3 is 9.15 Å². The molecular weight excluding hydrogens is 224 g/mol. The summed E-state index contributed by atoms with van der Waals surface area (Å²) in [5, 5.41) is 0.655. The molecule has 1 aromatic carbocycles. The van der Waals surface area contributed by atoms with Gasteiger partial charge in [0.15, 0.2) is 0 Å². The Kier molecular flexibility index (Phi) is 3.02. The van der Waals surface area contributed by atoms with Crippen LogP contribution in [0.2, 0.25) is 5.02 Å². The zero-order chi connectivity index (χ0) is 11.5. The summed E-state index contributed by atoms with van der Waals surface area (Å²) in [7, 11) is 1.56. The lowest BCUT2D eigenvalue weighted by Gasteiger charge is -2.04. The summed E-state index contributed by atoms with van der Waals surface area (Å²) in [6.45, 7) is 3.97. The van der Waals surface area contributed by atoms with Gasteiger partial charge in [0, 0.05) is 22.2 Å². The third-order valence-electron chi connectivity index (χ3n) is 2.28. The second-order valence-corrected chi connectivity index (χ2v) is 3.69. The van der Waals surface area contributed by atoms with E-state index in [2.05, 4.69) is 6.58 Å². The predicted octanol–water partition coefficient (Wildman–Crippen LogP) is 4.00. The van der Waals surface area contributed by atoms with Gasteiger partial charge in [-0.15, -0.1) is 0 Å². The van der Waals surface area contributed by atoms with Crippen LogP contribution in [0.25, 0.3) is 5.57 Å². The smallest absolute Gasteiger partial charge is 0.284 e. The quantitative estimate of drug-likeness (QED) is 0.801. The van der Waals surface area contributed by atoms with Crippen LogP contribution in [0.15, 0.2) is 47.4 Å². The molecule has 1 aromatic heterocycles. The zero-order valence-corrected chi connectivity index (χ0v) is 9.62. The van der Waals surface area contributed by atoms with E-state index in [1.54, 1.807) is 13.2 Å². The third kappa shape index (κ3) is 1.97. The highest BCUT2D eigenvalue weighted by atomic mass is 35.5. The minimum Gasteiger partial charge on any atom is -0.468 e. The first-order chi connectivity index (χ1) is 7.72. The third-order valence-corrected chi connectivity index (χ3v) is 2.61. The average molecular weight is 235 g/mol. The topological polar surface area (TPSA) is 22.4 Å². The van der Waals surface area contributed by atoms with Crippen molar-refractivity contribution in [3.63, 3.8) is 0 Å². The van der Waals surface area contributed by atoms with Gasteiger partial charge in [0.1, 0.15) is 5.76 Å². The van der Waals surface area contributed by atoms with Gasteiger partial charge in [0.05, 0.1) is 7.11 Å². The molecule has 0 aliphatic rings. The molecule has 0 amide bonds. The Morgan fingerprint density at radius 3 is 2.62 bits per heavy atom. The first-order valence-electron chi connectivity index (χ1n) is 4.80. The zero-order valence-electron chi connectivity index (χ0n) is 8.87.